The zero-order valence-corrected chi connectivity index (χ0v) is 14.2. The third kappa shape index (κ3) is 2.14. The number of para-hydroxylation sites is 1. The maximum absolute atomic E-state index is 12.6. The van der Waals surface area contributed by atoms with E-state index >= 15 is 0 Å². The van der Waals surface area contributed by atoms with E-state index in [2.05, 4.69) is 17.6 Å². The molecule has 4 aliphatic rings. The maximum atomic E-state index is 12.6. The standard InChI is InChI=1S/C19H24N2O3/c1-3-24-17(23)14-10-12-8-9-18(14,2)11-19(12)20-15-7-5-4-6-13(15)16(22)21-19/h4-7,12,14,20H,3,8-11H2,1-2H3,(H,21,22)/t12-,14+,18-,19+/m1/s1. The molecule has 1 heterocycles. The minimum Gasteiger partial charge on any atom is -0.466 e. The molecule has 4 atom stereocenters. The second-order valence-electron chi connectivity index (χ2n) is 7.70. The molecule has 1 aromatic rings. The second kappa shape index (κ2) is 5.23. The van der Waals surface area contributed by atoms with Crippen LogP contribution in [0, 0.1) is 17.3 Å². The van der Waals surface area contributed by atoms with E-state index < -0.39 is 5.66 Å². The zero-order chi connectivity index (χ0) is 16.9. The van der Waals surface area contributed by atoms with E-state index in [0.717, 1.165) is 31.4 Å². The van der Waals surface area contributed by atoms with Gasteiger partial charge >= 0.3 is 5.97 Å². The second-order valence-corrected chi connectivity index (χ2v) is 7.70. The Labute approximate surface area is 142 Å². The highest BCUT2D eigenvalue weighted by Crippen LogP contribution is 2.58. The van der Waals surface area contributed by atoms with Crippen LogP contribution in [-0.2, 0) is 9.53 Å². The van der Waals surface area contributed by atoms with Crippen LogP contribution in [0.15, 0.2) is 24.3 Å². The summed E-state index contributed by atoms with van der Waals surface area (Å²) in [6, 6.07) is 7.63. The summed E-state index contributed by atoms with van der Waals surface area (Å²) in [4.78, 5) is 25.0. The van der Waals surface area contributed by atoms with Crippen LogP contribution in [0.2, 0.25) is 0 Å². The number of hydrogen-bond donors (Lipinski definition) is 2. The van der Waals surface area contributed by atoms with Crippen molar-refractivity contribution in [2.75, 3.05) is 11.9 Å². The van der Waals surface area contributed by atoms with Gasteiger partial charge in [0.05, 0.1) is 18.1 Å². The van der Waals surface area contributed by atoms with Crippen molar-refractivity contribution >= 4 is 17.6 Å². The lowest BCUT2D eigenvalue weighted by atomic mass is 9.51. The number of fused-ring (bicyclic) bond motifs is 3. The number of benzene rings is 1. The number of esters is 1. The molecule has 2 N–H and O–H groups in total. The molecule has 3 saturated carbocycles. The van der Waals surface area contributed by atoms with Gasteiger partial charge in [0.2, 0.25) is 0 Å². The van der Waals surface area contributed by atoms with Gasteiger partial charge in [-0.25, -0.2) is 0 Å². The molecule has 1 amide bonds. The predicted molar refractivity (Wildman–Crippen MR) is 90.4 cm³/mol. The first-order valence-electron chi connectivity index (χ1n) is 8.84. The van der Waals surface area contributed by atoms with Crippen LogP contribution in [0.4, 0.5) is 5.69 Å². The molecule has 2 bridgehead atoms. The Morgan fingerprint density at radius 1 is 1.33 bits per heavy atom. The summed E-state index contributed by atoms with van der Waals surface area (Å²) in [5.41, 5.74) is 0.997. The average Bonchev–Trinajstić information content (AvgIpc) is 2.54. The van der Waals surface area contributed by atoms with Crippen molar-refractivity contribution in [2.45, 2.75) is 45.2 Å². The lowest BCUT2D eigenvalue weighted by Gasteiger charge is -2.60. The maximum Gasteiger partial charge on any atom is 0.309 e. The molecule has 1 aliphatic heterocycles. The summed E-state index contributed by atoms with van der Waals surface area (Å²) in [5, 5.41) is 6.84. The molecule has 128 valence electrons. The molecule has 5 rings (SSSR count). The number of carbonyl (C=O) groups is 2. The van der Waals surface area contributed by atoms with E-state index in [1.54, 1.807) is 0 Å². The summed E-state index contributed by atoms with van der Waals surface area (Å²) in [7, 11) is 0. The quantitative estimate of drug-likeness (QED) is 0.819. The SMILES string of the molecule is CCOC(=O)[C@@H]1C[C@H]2CC[C@]1(C)C[C@]21NC(=O)c2ccccc2N1. The molecular formula is C19H24N2O3. The average molecular weight is 328 g/mol. The molecule has 3 fully saturated rings. The van der Waals surface area contributed by atoms with Crippen molar-refractivity contribution in [3.05, 3.63) is 29.8 Å². The van der Waals surface area contributed by atoms with Crippen molar-refractivity contribution in [3.8, 4) is 0 Å². The molecule has 0 aromatic heterocycles. The van der Waals surface area contributed by atoms with Gasteiger partial charge in [-0.3, -0.25) is 9.59 Å². The van der Waals surface area contributed by atoms with E-state index in [1.165, 1.54) is 0 Å². The Morgan fingerprint density at radius 3 is 2.88 bits per heavy atom. The molecule has 3 aliphatic carbocycles. The number of carbonyl (C=O) groups excluding carboxylic acids is 2. The number of anilines is 1. The van der Waals surface area contributed by atoms with Crippen LogP contribution in [-0.4, -0.2) is 24.1 Å². The van der Waals surface area contributed by atoms with Crippen LogP contribution < -0.4 is 10.6 Å². The van der Waals surface area contributed by atoms with Gasteiger partial charge in [-0.15, -0.1) is 0 Å². The van der Waals surface area contributed by atoms with Gasteiger partial charge in [0.1, 0.15) is 5.66 Å². The largest absolute Gasteiger partial charge is 0.466 e. The van der Waals surface area contributed by atoms with Crippen LogP contribution in [0.5, 0.6) is 0 Å². The first-order chi connectivity index (χ1) is 11.5. The molecule has 5 heteroatoms. The fourth-order valence-corrected chi connectivity index (χ4v) is 5.05. The van der Waals surface area contributed by atoms with Gasteiger partial charge in [0.25, 0.3) is 5.91 Å². The first kappa shape index (κ1) is 15.5. The number of nitrogens with one attached hydrogen (secondary N) is 2. The molecule has 0 unspecified atom stereocenters. The number of rotatable bonds is 2. The van der Waals surface area contributed by atoms with E-state index in [0.29, 0.717) is 12.2 Å². The summed E-state index contributed by atoms with van der Waals surface area (Å²) in [6.07, 6.45) is 3.54. The minimum absolute atomic E-state index is 0.0202. The summed E-state index contributed by atoms with van der Waals surface area (Å²) in [5.74, 6) is 0.0685. The summed E-state index contributed by atoms with van der Waals surface area (Å²) < 4.78 is 5.31. The monoisotopic (exact) mass is 328 g/mol. The predicted octanol–water partition coefficient (Wildman–Crippen LogP) is 2.93. The van der Waals surface area contributed by atoms with Crippen molar-refractivity contribution in [2.24, 2.45) is 17.3 Å². The third-order valence-electron chi connectivity index (χ3n) is 6.24. The smallest absolute Gasteiger partial charge is 0.309 e. The van der Waals surface area contributed by atoms with Crippen LogP contribution in [0.1, 0.15) is 49.9 Å². The zero-order valence-electron chi connectivity index (χ0n) is 14.2. The fourth-order valence-electron chi connectivity index (χ4n) is 5.05. The van der Waals surface area contributed by atoms with Crippen molar-refractivity contribution in [3.63, 3.8) is 0 Å². The molecule has 0 saturated heterocycles. The molecule has 5 nitrogen and oxygen atoms in total. The molecule has 1 spiro atoms. The first-order valence-corrected chi connectivity index (χ1v) is 8.84. The van der Waals surface area contributed by atoms with E-state index in [9.17, 15) is 9.59 Å². The Bertz CT molecular complexity index is 704. The summed E-state index contributed by atoms with van der Waals surface area (Å²) in [6.45, 7) is 4.44. The highest BCUT2D eigenvalue weighted by Gasteiger charge is 2.60. The van der Waals surface area contributed by atoms with Gasteiger partial charge in [0.15, 0.2) is 0 Å². The number of amides is 1. The van der Waals surface area contributed by atoms with Crippen LogP contribution in [0.3, 0.4) is 0 Å². The molecule has 1 aromatic carbocycles. The summed E-state index contributed by atoms with van der Waals surface area (Å²) >= 11 is 0. The highest BCUT2D eigenvalue weighted by atomic mass is 16.5. The van der Waals surface area contributed by atoms with Crippen LogP contribution >= 0.6 is 0 Å². The molecule has 24 heavy (non-hydrogen) atoms. The molecular weight excluding hydrogens is 304 g/mol. The highest BCUT2D eigenvalue weighted by molar-refractivity contribution is 6.02. The van der Waals surface area contributed by atoms with Crippen molar-refractivity contribution < 1.29 is 14.3 Å². The molecule has 0 radical (unpaired) electrons. The van der Waals surface area contributed by atoms with Crippen molar-refractivity contribution in [1.82, 2.24) is 5.32 Å². The Kier molecular flexibility index (Phi) is 3.37. The Hall–Kier alpha value is -2.04. The lowest BCUT2D eigenvalue weighted by molar-refractivity contribution is -0.163. The topological polar surface area (TPSA) is 67.4 Å². The van der Waals surface area contributed by atoms with Gasteiger partial charge in [-0.05, 0) is 50.2 Å². The van der Waals surface area contributed by atoms with Gasteiger partial charge < -0.3 is 15.4 Å². The van der Waals surface area contributed by atoms with E-state index in [4.69, 9.17) is 4.74 Å². The Morgan fingerprint density at radius 2 is 2.12 bits per heavy atom. The minimum atomic E-state index is -0.443. The van der Waals surface area contributed by atoms with Gasteiger partial charge in [0, 0.05) is 11.6 Å². The number of ether oxygens (including phenoxy) is 1. The van der Waals surface area contributed by atoms with E-state index in [-0.39, 0.29) is 29.1 Å². The third-order valence-corrected chi connectivity index (χ3v) is 6.24. The number of hydrogen-bond acceptors (Lipinski definition) is 4. The van der Waals surface area contributed by atoms with Gasteiger partial charge in [-0.1, -0.05) is 19.1 Å². The fraction of sp³-hybridized carbons (Fsp3) is 0.579. The lowest BCUT2D eigenvalue weighted by Crippen LogP contribution is -2.69. The normalized spacial score (nSPS) is 36.7. The van der Waals surface area contributed by atoms with Crippen molar-refractivity contribution in [1.29, 1.82) is 0 Å². The van der Waals surface area contributed by atoms with Crippen LogP contribution in [0.25, 0.3) is 0 Å². The van der Waals surface area contributed by atoms with E-state index in [1.807, 2.05) is 31.2 Å². The van der Waals surface area contributed by atoms with Gasteiger partial charge in [-0.2, -0.15) is 0 Å². The Balaban J connectivity index is 1.66.